The molecule has 37 nitrogen and oxygen atoms in total. The topological polar surface area (TPSA) is 583 Å². The van der Waals surface area contributed by atoms with Crippen LogP contribution in [-0.2, 0) is 71.2 Å². The summed E-state index contributed by atoms with van der Waals surface area (Å²) in [5, 5.41) is 221. The highest BCUT2D eigenvalue weighted by atomic mass is 16.8. The van der Waals surface area contributed by atoms with Gasteiger partial charge < -0.3 is 174 Å². The van der Waals surface area contributed by atoms with Crippen molar-refractivity contribution in [3.05, 3.63) is 0 Å². The zero-order chi connectivity index (χ0) is 61.9. The molecule has 7 rings (SSSR count). The van der Waals surface area contributed by atoms with Crippen molar-refractivity contribution in [2.24, 2.45) is 0 Å². The predicted octanol–water partition coefficient (Wildman–Crippen LogP) is -14.9. The van der Waals surface area contributed by atoms with E-state index in [1.54, 1.807) is 0 Å². The lowest BCUT2D eigenvalue weighted by molar-refractivity contribution is -0.387. The Kier molecular flexibility index (Phi) is 24.6. The Hall–Kier alpha value is -2.38. The lowest BCUT2D eigenvalue weighted by Gasteiger charge is -2.50. The van der Waals surface area contributed by atoms with Crippen LogP contribution >= 0.6 is 0 Å². The van der Waals surface area contributed by atoms with Gasteiger partial charge >= 0.3 is 0 Å². The first-order chi connectivity index (χ1) is 39.7. The molecular weight excluding hydrogens is 1150 g/mol. The summed E-state index contributed by atoms with van der Waals surface area (Å²) in [4.78, 5) is 24.8. The lowest BCUT2D eigenvalue weighted by Crippen LogP contribution is -2.70. The van der Waals surface area contributed by atoms with Crippen LogP contribution in [0.25, 0.3) is 0 Å². The second-order valence-electron chi connectivity index (χ2n) is 21.4. The molecule has 488 valence electrons. The molecule has 0 aromatic heterocycles. The minimum Gasteiger partial charge on any atom is -0.394 e. The Morgan fingerprint density at radius 1 is 0.321 bits per heavy atom. The minimum absolute atomic E-state index is 0.578. The van der Waals surface area contributed by atoms with Gasteiger partial charge in [-0.1, -0.05) is 0 Å². The van der Waals surface area contributed by atoms with E-state index in [1.807, 2.05) is 0 Å². The van der Waals surface area contributed by atoms with Crippen LogP contribution in [0, 0.1) is 0 Å². The molecule has 35 atom stereocenters. The molecule has 7 saturated heterocycles. The fourth-order valence-electron chi connectivity index (χ4n) is 10.8. The number of hydrogen-bond donors (Lipinski definition) is 22. The number of carbonyl (C=O) groups is 2. The van der Waals surface area contributed by atoms with Crippen molar-refractivity contribution in [3.8, 4) is 0 Å². The number of hydrogen-bond acceptors (Lipinski definition) is 35. The summed E-state index contributed by atoms with van der Waals surface area (Å²) in [5.41, 5.74) is 0. The Balaban J connectivity index is 1.17. The van der Waals surface area contributed by atoms with Crippen LogP contribution in [0.1, 0.15) is 20.8 Å². The second-order valence-corrected chi connectivity index (χ2v) is 21.4. The molecule has 7 heterocycles. The van der Waals surface area contributed by atoms with E-state index in [1.165, 1.54) is 6.92 Å². The molecule has 0 bridgehead atoms. The highest BCUT2D eigenvalue weighted by molar-refractivity contribution is 5.73. The number of carbonyl (C=O) groups excluding carboxylic acids is 2. The van der Waals surface area contributed by atoms with Crippen LogP contribution in [0.15, 0.2) is 0 Å². The van der Waals surface area contributed by atoms with Gasteiger partial charge in [0.05, 0.1) is 58.4 Å². The summed E-state index contributed by atoms with van der Waals surface area (Å²) in [5.74, 6) is -1.41. The summed E-state index contributed by atoms with van der Waals surface area (Å²) in [6.07, 6.45) is -62.9. The maximum Gasteiger partial charge on any atom is 0.217 e. The normalized spacial score (nSPS) is 50.3. The molecule has 84 heavy (non-hydrogen) atoms. The molecule has 37 heteroatoms. The van der Waals surface area contributed by atoms with Crippen LogP contribution in [0.4, 0.5) is 0 Å². The van der Waals surface area contributed by atoms with Gasteiger partial charge in [-0.05, 0) is 6.92 Å². The van der Waals surface area contributed by atoms with Crippen LogP contribution in [0.2, 0.25) is 0 Å². The standard InChI is InChI=1S/C47H80N2O35/c1-11-21(48-12(2)55)28(62)38(17(7-53)74-11)81-42-22(49-13(3)56)29(63)39(18(8-54)78-42)82-47-37(71)41(84-46-35(69)32(66)25(59)16(6-52)77-46)27(61)20(80-47)10-73-44-36(70)40(83-45-34(68)31(65)24(58)15(5-51)76-45)26(60)19(79-44)9-72-43-33(67)30(64)23(57)14(4-50)75-43/h11,14-47,50-54,57-71H,4-10H2,1-3H3,(H,48,55)(H,49,56)/t11-,14?,15-,16?,17?,18?,19?,20?,21?,22?,23+,24+,25+,26+,27+,28+,29+,30-,31?,32?,33?,34?,35?,36?,37?,38+,39+,40-,41-,42-,43-,44-,45+,46+,47-/m0/s1. The van der Waals surface area contributed by atoms with Gasteiger partial charge in [-0.15, -0.1) is 0 Å². The van der Waals surface area contributed by atoms with Crippen LogP contribution in [0.5, 0.6) is 0 Å². The van der Waals surface area contributed by atoms with Gasteiger partial charge in [0, 0.05) is 13.8 Å². The van der Waals surface area contributed by atoms with E-state index in [0.29, 0.717) is 0 Å². The van der Waals surface area contributed by atoms with Gasteiger partial charge in [0.1, 0.15) is 165 Å². The maximum atomic E-state index is 12.7. The minimum atomic E-state index is -2.32. The second kappa shape index (κ2) is 30.0. The van der Waals surface area contributed by atoms with E-state index in [4.69, 9.17) is 61.6 Å². The molecule has 7 fully saturated rings. The van der Waals surface area contributed by atoms with Crippen molar-refractivity contribution < 1.29 is 173 Å². The van der Waals surface area contributed by atoms with Crippen molar-refractivity contribution in [1.29, 1.82) is 0 Å². The monoisotopic (exact) mass is 1230 g/mol. The van der Waals surface area contributed by atoms with Gasteiger partial charge in [0.2, 0.25) is 11.8 Å². The average Bonchev–Trinajstić information content (AvgIpc) is 1.63. The third-order valence-electron chi connectivity index (χ3n) is 15.6. The summed E-state index contributed by atoms with van der Waals surface area (Å²) in [6, 6.07) is -2.86. The first-order valence-electron chi connectivity index (χ1n) is 26.9. The Morgan fingerprint density at radius 3 is 1.05 bits per heavy atom. The van der Waals surface area contributed by atoms with E-state index in [2.05, 4.69) is 10.6 Å². The largest absolute Gasteiger partial charge is 0.394 e. The van der Waals surface area contributed by atoms with E-state index >= 15 is 0 Å². The number of ether oxygens (including phenoxy) is 13. The zero-order valence-electron chi connectivity index (χ0n) is 45.2. The SMILES string of the molecule is CC(=O)NC1[C@H](O[C@@H]2C(CO)O[C@@H](C)C(NC(C)=O)[C@H]2O)OC(CO)[C@@H](O[C@@H]2OC(CO[C@H]3OC(CO[C@H]4OC(CO)[C@@H](O)[C@H](O)C4O)[C@@H](O)[C@H](O[C@H]4O[C@@H](CO)[C@@H](O)C(O)C4O)C3O)[C@@H](O)[C@H](O[C@H]3OC(CO)[C@@H](O)C(O)C3O)C2O)[C@@H]1O. The molecule has 7 aliphatic rings. The quantitative estimate of drug-likeness (QED) is 0.0507. The zero-order valence-corrected chi connectivity index (χ0v) is 45.2. The number of nitrogens with one attached hydrogen (secondary N) is 2. The van der Waals surface area contributed by atoms with Gasteiger partial charge in [-0.3, -0.25) is 9.59 Å². The Bertz CT molecular complexity index is 2060. The summed E-state index contributed by atoms with van der Waals surface area (Å²) in [6.45, 7) is -2.89. The van der Waals surface area contributed by atoms with Crippen LogP contribution in [0.3, 0.4) is 0 Å². The highest BCUT2D eigenvalue weighted by Crippen LogP contribution is 2.37. The number of rotatable bonds is 21. The molecule has 0 aromatic carbocycles. The van der Waals surface area contributed by atoms with Gasteiger partial charge in [0.15, 0.2) is 37.7 Å². The van der Waals surface area contributed by atoms with Crippen molar-refractivity contribution in [2.75, 3.05) is 46.2 Å². The van der Waals surface area contributed by atoms with Crippen molar-refractivity contribution in [3.63, 3.8) is 0 Å². The van der Waals surface area contributed by atoms with E-state index in [0.717, 1.165) is 13.8 Å². The predicted molar refractivity (Wildman–Crippen MR) is 258 cm³/mol. The van der Waals surface area contributed by atoms with Crippen LogP contribution < -0.4 is 10.6 Å². The summed E-state index contributed by atoms with van der Waals surface area (Å²) in [7, 11) is 0. The third-order valence-corrected chi connectivity index (χ3v) is 15.6. The molecule has 0 radical (unpaired) electrons. The number of aliphatic hydroxyl groups excluding tert-OH is 20. The fraction of sp³-hybridized carbons (Fsp3) is 0.957. The van der Waals surface area contributed by atoms with Crippen molar-refractivity contribution in [1.82, 2.24) is 10.6 Å². The van der Waals surface area contributed by atoms with Crippen molar-refractivity contribution in [2.45, 2.75) is 235 Å². The summed E-state index contributed by atoms with van der Waals surface area (Å²) < 4.78 is 75.1. The lowest BCUT2D eigenvalue weighted by atomic mass is 9.92. The molecular formula is C47H80N2O35. The Labute approximate surface area is 476 Å². The Morgan fingerprint density at radius 2 is 0.619 bits per heavy atom. The third kappa shape index (κ3) is 14.9. The molecule has 15 unspecified atom stereocenters. The van der Waals surface area contributed by atoms with E-state index in [-0.39, 0.29) is 0 Å². The first-order valence-corrected chi connectivity index (χ1v) is 26.9. The van der Waals surface area contributed by atoms with Gasteiger partial charge in [-0.2, -0.15) is 0 Å². The highest BCUT2D eigenvalue weighted by Gasteiger charge is 2.58. The number of aliphatic hydroxyl groups is 20. The van der Waals surface area contributed by atoms with Crippen LogP contribution in [-0.4, -0.2) is 375 Å². The first kappa shape index (κ1) is 69.1. The van der Waals surface area contributed by atoms with Gasteiger partial charge in [0.25, 0.3) is 0 Å². The molecule has 7 aliphatic heterocycles. The number of amides is 2. The molecule has 22 N–H and O–H groups in total. The average molecular weight is 1230 g/mol. The molecule has 0 aromatic rings. The smallest absolute Gasteiger partial charge is 0.217 e. The molecule has 0 saturated carbocycles. The van der Waals surface area contributed by atoms with Crippen molar-refractivity contribution >= 4 is 11.8 Å². The molecule has 0 spiro atoms. The van der Waals surface area contributed by atoms with E-state index < -0.39 is 273 Å². The fourth-order valence-corrected chi connectivity index (χ4v) is 10.8. The summed E-state index contributed by atoms with van der Waals surface area (Å²) >= 11 is 0. The van der Waals surface area contributed by atoms with E-state index in [9.17, 15) is 112 Å². The maximum absolute atomic E-state index is 12.7. The van der Waals surface area contributed by atoms with Gasteiger partial charge in [-0.25, -0.2) is 0 Å². The molecule has 0 aliphatic carbocycles. The molecule has 2 amide bonds.